The van der Waals surface area contributed by atoms with Crippen molar-refractivity contribution in [2.45, 2.75) is 89.9 Å². The van der Waals surface area contributed by atoms with E-state index in [0.717, 1.165) is 88.0 Å². The van der Waals surface area contributed by atoms with Crippen LogP contribution < -0.4 is 14.4 Å². The number of ether oxygens (including phenoxy) is 6. The Hall–Kier alpha value is -7.93. The van der Waals surface area contributed by atoms with E-state index in [-0.39, 0.29) is 35.7 Å². The van der Waals surface area contributed by atoms with Gasteiger partial charge in [0.25, 0.3) is 11.4 Å². The molecular formula is C53H60N2O17. The fourth-order valence-corrected chi connectivity index (χ4v) is 7.11. The van der Waals surface area contributed by atoms with Gasteiger partial charge in [0.2, 0.25) is 5.75 Å². The summed E-state index contributed by atoms with van der Waals surface area (Å²) in [7, 11) is 4.02. The maximum atomic E-state index is 13.5. The van der Waals surface area contributed by atoms with Gasteiger partial charge in [-0.1, -0.05) is 88.6 Å². The molecule has 72 heavy (non-hydrogen) atoms. The molecule has 4 aromatic carbocycles. The molecule has 0 aliphatic rings. The summed E-state index contributed by atoms with van der Waals surface area (Å²) in [6, 6.07) is 18.9. The minimum Gasteiger partial charge on any atom is -0.493 e. The molecular weight excluding hydrogens is 937 g/mol. The predicted molar refractivity (Wildman–Crippen MR) is 264 cm³/mol. The Morgan fingerprint density at radius 2 is 1.14 bits per heavy atom. The molecule has 0 bridgehead atoms. The summed E-state index contributed by atoms with van der Waals surface area (Å²) in [6.07, 6.45) is 14.1. The number of aryl methyl sites for hydroxylation is 1. The van der Waals surface area contributed by atoms with Crippen molar-refractivity contribution in [1.29, 1.82) is 0 Å². The number of carbonyl (C=O) groups excluding carboxylic acids is 5. The standard InChI is InChI=1S/C53H60N2O17/c1-37(50(57)67-4)41-25-27-47(48(34-41)65-2)72-70-31-17-13-10-14-18-39-24-26-45(71-52(59)40-22-19-38(20-23-40)21-28-49(56)66-3)36-46(39)53(60)69-30-16-12-9-7-5-6-8-11-15-29-68-51(58)42-32-43(54(61)62)35-44(33-42)55(63)64/h19-28,32-36H,1,5-18,29-31H2,2-4H3/b28-21+. The van der Waals surface area contributed by atoms with Gasteiger partial charge in [-0.05, 0) is 91.3 Å². The number of nitrogens with zero attached hydrogens (tertiary/aromatic N) is 2. The second kappa shape index (κ2) is 30.6. The van der Waals surface area contributed by atoms with Gasteiger partial charge in [0, 0.05) is 18.2 Å². The van der Waals surface area contributed by atoms with Gasteiger partial charge >= 0.3 is 29.8 Å². The number of methoxy groups -OCH3 is 3. The number of nitro benzene ring substituents is 2. The molecule has 0 fully saturated rings. The Morgan fingerprint density at radius 1 is 0.569 bits per heavy atom. The van der Waals surface area contributed by atoms with E-state index in [1.807, 2.05) is 0 Å². The van der Waals surface area contributed by atoms with Gasteiger partial charge in [-0.15, -0.1) is 0 Å². The maximum absolute atomic E-state index is 13.5. The van der Waals surface area contributed by atoms with E-state index in [2.05, 4.69) is 11.3 Å². The highest BCUT2D eigenvalue weighted by Crippen LogP contribution is 2.31. The first-order valence-corrected chi connectivity index (χ1v) is 23.5. The fraction of sp³-hybridized carbons (Fsp3) is 0.377. The largest absolute Gasteiger partial charge is 0.493 e. The number of nitro groups is 2. The Bertz CT molecular complexity index is 2500. The summed E-state index contributed by atoms with van der Waals surface area (Å²) in [5.41, 5.74) is 1.32. The number of non-ortho nitro benzene ring substituents is 2. The van der Waals surface area contributed by atoms with Crippen LogP contribution in [0.3, 0.4) is 0 Å². The average molecular weight is 997 g/mol. The first kappa shape index (κ1) is 56.7. The average Bonchev–Trinajstić information content (AvgIpc) is 3.39. The zero-order chi connectivity index (χ0) is 52.3. The number of hydrogen-bond donors (Lipinski definition) is 0. The van der Waals surface area contributed by atoms with Crippen LogP contribution in [0.5, 0.6) is 17.2 Å². The van der Waals surface area contributed by atoms with Gasteiger partial charge in [0.15, 0.2) is 5.75 Å². The number of benzene rings is 4. The van der Waals surface area contributed by atoms with Crippen LogP contribution >= 0.6 is 0 Å². The minimum atomic E-state index is -0.858. The van der Waals surface area contributed by atoms with Crippen LogP contribution in [0.1, 0.15) is 131 Å². The van der Waals surface area contributed by atoms with Gasteiger partial charge in [0.05, 0.1) is 79.3 Å². The van der Waals surface area contributed by atoms with Gasteiger partial charge in [-0.2, -0.15) is 4.89 Å². The Kier molecular flexibility index (Phi) is 24.1. The van der Waals surface area contributed by atoms with Crippen molar-refractivity contribution in [1.82, 2.24) is 0 Å². The summed E-state index contributed by atoms with van der Waals surface area (Å²) in [6.45, 7) is 4.35. The summed E-state index contributed by atoms with van der Waals surface area (Å²) < 4.78 is 31.3. The lowest BCUT2D eigenvalue weighted by Crippen LogP contribution is -2.12. The number of unbranched alkanes of at least 4 members (excludes halogenated alkanes) is 11. The molecule has 0 heterocycles. The Balaban J connectivity index is 1.20. The molecule has 0 aliphatic carbocycles. The zero-order valence-corrected chi connectivity index (χ0v) is 40.7. The molecule has 0 saturated carbocycles. The first-order valence-electron chi connectivity index (χ1n) is 23.5. The zero-order valence-electron chi connectivity index (χ0n) is 40.7. The molecule has 19 heteroatoms. The van der Waals surface area contributed by atoms with Crippen LogP contribution in [0.2, 0.25) is 0 Å². The molecule has 0 atom stereocenters. The quantitative estimate of drug-likeness (QED) is 0.00645. The SMILES string of the molecule is C=C(C(=O)OC)c1ccc(OOCCCCCCc2ccc(OC(=O)c3ccc(/C=C/C(=O)OC)cc3)cc2C(=O)OCCCCCCCCCCCOC(=O)c2cc([N+](=O)[O-])cc([N+](=O)[O-])c2)c(OC)c1. The smallest absolute Gasteiger partial charge is 0.343 e. The third-order valence-electron chi connectivity index (χ3n) is 11.1. The lowest BCUT2D eigenvalue weighted by atomic mass is 10.0. The van der Waals surface area contributed by atoms with Crippen molar-refractivity contribution in [3.8, 4) is 17.2 Å². The van der Waals surface area contributed by atoms with E-state index < -0.39 is 51.1 Å². The molecule has 4 rings (SSSR count). The highest BCUT2D eigenvalue weighted by Gasteiger charge is 2.21. The third-order valence-corrected chi connectivity index (χ3v) is 11.1. The van der Waals surface area contributed by atoms with Crippen molar-refractivity contribution >= 4 is 52.9 Å². The van der Waals surface area contributed by atoms with Crippen molar-refractivity contribution in [2.75, 3.05) is 41.2 Å². The molecule has 0 spiro atoms. The van der Waals surface area contributed by atoms with Crippen LogP contribution in [0.25, 0.3) is 11.6 Å². The van der Waals surface area contributed by atoms with E-state index in [4.69, 9.17) is 33.5 Å². The van der Waals surface area contributed by atoms with Gasteiger partial charge in [0.1, 0.15) is 5.75 Å². The molecule has 0 saturated heterocycles. The van der Waals surface area contributed by atoms with Crippen LogP contribution in [0, 0.1) is 20.2 Å². The number of carbonyl (C=O) groups is 5. The maximum Gasteiger partial charge on any atom is 0.343 e. The fourth-order valence-electron chi connectivity index (χ4n) is 7.11. The Morgan fingerprint density at radius 3 is 1.72 bits per heavy atom. The second-order valence-electron chi connectivity index (χ2n) is 16.3. The molecule has 0 N–H and O–H groups in total. The second-order valence-corrected chi connectivity index (χ2v) is 16.3. The van der Waals surface area contributed by atoms with Crippen LogP contribution in [-0.2, 0) is 39.8 Å². The van der Waals surface area contributed by atoms with Crippen molar-refractivity contribution in [3.05, 3.63) is 145 Å². The van der Waals surface area contributed by atoms with Gasteiger partial charge in [-0.3, -0.25) is 20.2 Å². The van der Waals surface area contributed by atoms with E-state index >= 15 is 0 Å². The molecule has 384 valence electrons. The monoisotopic (exact) mass is 996 g/mol. The van der Waals surface area contributed by atoms with Crippen molar-refractivity contribution in [2.24, 2.45) is 0 Å². The summed E-state index contributed by atoms with van der Waals surface area (Å²) in [5.74, 6) is -2.21. The van der Waals surface area contributed by atoms with Crippen LogP contribution in [0.15, 0.2) is 91.5 Å². The Labute approximate surface area is 417 Å². The summed E-state index contributed by atoms with van der Waals surface area (Å²) in [5, 5.41) is 22.2. The number of rotatable bonds is 32. The number of hydrogen-bond acceptors (Lipinski definition) is 17. The third kappa shape index (κ3) is 19.1. The van der Waals surface area contributed by atoms with E-state index in [0.29, 0.717) is 60.5 Å². The summed E-state index contributed by atoms with van der Waals surface area (Å²) in [4.78, 5) is 93.8. The topological polar surface area (TPSA) is 245 Å². The molecule has 0 unspecified atom stereocenters. The van der Waals surface area contributed by atoms with Crippen molar-refractivity contribution in [3.63, 3.8) is 0 Å². The minimum absolute atomic E-state index is 0.0848. The van der Waals surface area contributed by atoms with Gasteiger partial charge < -0.3 is 33.3 Å². The molecule has 0 radical (unpaired) electrons. The molecule has 19 nitrogen and oxygen atoms in total. The highest BCUT2D eigenvalue weighted by atomic mass is 17.2. The molecule has 0 aliphatic heterocycles. The molecule has 4 aromatic rings. The normalized spacial score (nSPS) is 10.8. The van der Waals surface area contributed by atoms with Crippen molar-refractivity contribution < 1.29 is 72.0 Å². The van der Waals surface area contributed by atoms with E-state index in [1.165, 1.54) is 33.5 Å². The van der Waals surface area contributed by atoms with Crippen LogP contribution in [0.4, 0.5) is 11.4 Å². The predicted octanol–water partition coefficient (Wildman–Crippen LogP) is 10.7. The number of esters is 5. The van der Waals surface area contributed by atoms with Crippen LogP contribution in [-0.4, -0.2) is 80.8 Å². The lowest BCUT2D eigenvalue weighted by molar-refractivity contribution is -0.394. The van der Waals surface area contributed by atoms with Gasteiger partial charge in [-0.25, -0.2) is 24.0 Å². The molecule has 0 amide bonds. The molecule has 0 aromatic heterocycles. The van der Waals surface area contributed by atoms with E-state index in [9.17, 15) is 44.2 Å². The highest BCUT2D eigenvalue weighted by molar-refractivity contribution is 6.15. The lowest BCUT2D eigenvalue weighted by Gasteiger charge is -2.13. The first-order chi connectivity index (χ1) is 34.7. The summed E-state index contributed by atoms with van der Waals surface area (Å²) >= 11 is 0. The van der Waals surface area contributed by atoms with E-state index in [1.54, 1.807) is 60.7 Å².